The van der Waals surface area contributed by atoms with Gasteiger partial charge in [-0.15, -0.1) is 10.2 Å². The third-order valence-electron chi connectivity index (χ3n) is 3.57. The van der Waals surface area contributed by atoms with Crippen LogP contribution in [0.15, 0.2) is 29.4 Å². The Balaban J connectivity index is 2.51. The lowest BCUT2D eigenvalue weighted by Crippen LogP contribution is -2.23. The normalized spacial score (nSPS) is 14.0. The van der Waals surface area contributed by atoms with E-state index in [2.05, 4.69) is 10.2 Å². The van der Waals surface area contributed by atoms with Crippen LogP contribution in [0.3, 0.4) is 0 Å². The van der Waals surface area contributed by atoms with Gasteiger partial charge in [-0.3, -0.25) is 14.3 Å². The Hall–Kier alpha value is -1.57. The number of hydrogen-bond donors (Lipinski definition) is 1. The summed E-state index contributed by atoms with van der Waals surface area (Å²) < 4.78 is 1.94. The van der Waals surface area contributed by atoms with Gasteiger partial charge in [0.1, 0.15) is 0 Å². The van der Waals surface area contributed by atoms with E-state index >= 15 is 0 Å². The van der Waals surface area contributed by atoms with Crippen molar-refractivity contribution in [3.8, 4) is 5.69 Å². The zero-order valence-electron chi connectivity index (χ0n) is 13.5. The van der Waals surface area contributed by atoms with Crippen molar-refractivity contribution in [2.24, 2.45) is 5.73 Å². The number of thioether (sulfide) groups is 1. The molecule has 1 aromatic heterocycles. The highest BCUT2D eigenvalue weighted by Gasteiger charge is 2.23. The highest BCUT2D eigenvalue weighted by atomic mass is 35.5. The van der Waals surface area contributed by atoms with Crippen LogP contribution in [0.4, 0.5) is 0 Å². The minimum absolute atomic E-state index is 0.0522. The zero-order chi connectivity index (χ0) is 17.1. The molecular weight excluding hydrogens is 334 g/mol. The lowest BCUT2D eigenvalue weighted by Gasteiger charge is -2.20. The molecular formula is C15H20ClN5OS. The predicted molar refractivity (Wildman–Crippen MR) is 93.0 cm³/mol. The van der Waals surface area contributed by atoms with Crippen molar-refractivity contribution in [3.63, 3.8) is 0 Å². The molecule has 1 heterocycles. The number of benzene rings is 1. The Morgan fingerprint density at radius 3 is 2.39 bits per heavy atom. The average molecular weight is 354 g/mol. The van der Waals surface area contributed by atoms with Crippen molar-refractivity contribution in [2.75, 3.05) is 14.1 Å². The Morgan fingerprint density at radius 2 is 1.87 bits per heavy atom. The van der Waals surface area contributed by atoms with Gasteiger partial charge in [0, 0.05) is 10.7 Å². The van der Waals surface area contributed by atoms with Crippen molar-refractivity contribution in [1.82, 2.24) is 19.7 Å². The average Bonchev–Trinajstić information content (AvgIpc) is 2.90. The number of primary amides is 1. The van der Waals surface area contributed by atoms with E-state index in [-0.39, 0.29) is 11.9 Å². The highest BCUT2D eigenvalue weighted by Crippen LogP contribution is 2.29. The molecule has 0 aliphatic rings. The number of carbonyl (C=O) groups is 1. The van der Waals surface area contributed by atoms with E-state index in [1.165, 1.54) is 11.8 Å². The number of aromatic nitrogens is 3. The number of carbonyl (C=O) groups excluding carboxylic acids is 1. The van der Waals surface area contributed by atoms with Crippen molar-refractivity contribution >= 4 is 29.3 Å². The molecule has 2 atom stereocenters. The maximum absolute atomic E-state index is 11.4. The number of nitrogens with zero attached hydrogens (tertiary/aromatic N) is 4. The molecule has 0 unspecified atom stereocenters. The summed E-state index contributed by atoms with van der Waals surface area (Å²) in [5.41, 5.74) is 6.26. The molecule has 23 heavy (non-hydrogen) atoms. The number of rotatable bonds is 6. The summed E-state index contributed by atoms with van der Waals surface area (Å²) in [6.45, 7) is 3.80. The third-order valence-corrected chi connectivity index (χ3v) is 4.89. The van der Waals surface area contributed by atoms with Gasteiger partial charge in [0.05, 0.1) is 11.3 Å². The minimum atomic E-state index is -0.396. The van der Waals surface area contributed by atoms with Crippen LogP contribution in [-0.4, -0.2) is 44.9 Å². The number of halogens is 1. The summed E-state index contributed by atoms with van der Waals surface area (Å²) in [5, 5.41) is 9.45. The minimum Gasteiger partial charge on any atom is -0.369 e. The molecule has 0 spiro atoms. The van der Waals surface area contributed by atoms with E-state index in [1.807, 2.05) is 54.8 Å². The van der Waals surface area contributed by atoms with Gasteiger partial charge in [-0.25, -0.2) is 0 Å². The second kappa shape index (κ2) is 7.33. The maximum atomic E-state index is 11.4. The van der Waals surface area contributed by atoms with E-state index in [9.17, 15) is 4.79 Å². The summed E-state index contributed by atoms with van der Waals surface area (Å²) in [6, 6.07) is 7.48. The number of hydrogen-bond acceptors (Lipinski definition) is 5. The van der Waals surface area contributed by atoms with Crippen LogP contribution in [0.25, 0.3) is 5.69 Å². The highest BCUT2D eigenvalue weighted by molar-refractivity contribution is 8.00. The fourth-order valence-corrected chi connectivity index (χ4v) is 2.86. The molecule has 6 nitrogen and oxygen atoms in total. The first-order valence-electron chi connectivity index (χ1n) is 7.15. The molecule has 0 saturated carbocycles. The monoisotopic (exact) mass is 353 g/mol. The van der Waals surface area contributed by atoms with Crippen LogP contribution < -0.4 is 5.73 Å². The molecule has 0 radical (unpaired) electrons. The van der Waals surface area contributed by atoms with E-state index in [1.54, 1.807) is 6.92 Å². The Bertz CT molecular complexity index is 686. The predicted octanol–water partition coefficient (Wildman–Crippen LogP) is 2.51. The first kappa shape index (κ1) is 17.8. The largest absolute Gasteiger partial charge is 0.369 e. The molecule has 0 aliphatic carbocycles. The Labute approximate surface area is 145 Å². The van der Waals surface area contributed by atoms with Crippen LogP contribution in [0.5, 0.6) is 0 Å². The van der Waals surface area contributed by atoms with Gasteiger partial charge in [0.25, 0.3) is 0 Å². The van der Waals surface area contributed by atoms with Crippen LogP contribution in [0, 0.1) is 0 Å². The first-order chi connectivity index (χ1) is 10.8. The van der Waals surface area contributed by atoms with Crippen LogP contribution in [0.2, 0.25) is 5.02 Å². The smallest absolute Gasteiger partial charge is 0.230 e. The van der Waals surface area contributed by atoms with E-state index < -0.39 is 5.25 Å². The van der Waals surface area contributed by atoms with Crippen LogP contribution >= 0.6 is 23.4 Å². The van der Waals surface area contributed by atoms with Gasteiger partial charge in [-0.1, -0.05) is 23.4 Å². The molecule has 1 aromatic carbocycles. The number of amides is 1. The lowest BCUT2D eigenvalue weighted by atomic mass is 10.2. The van der Waals surface area contributed by atoms with Gasteiger partial charge in [0.15, 0.2) is 11.0 Å². The van der Waals surface area contributed by atoms with Gasteiger partial charge in [0.2, 0.25) is 5.91 Å². The van der Waals surface area contributed by atoms with Crippen molar-refractivity contribution in [1.29, 1.82) is 0 Å². The summed E-state index contributed by atoms with van der Waals surface area (Å²) in [4.78, 5) is 13.4. The van der Waals surface area contributed by atoms with E-state index in [0.29, 0.717) is 10.2 Å². The summed E-state index contributed by atoms with van der Waals surface area (Å²) in [7, 11) is 3.95. The molecule has 0 fully saturated rings. The molecule has 2 aromatic rings. The molecule has 2 rings (SSSR count). The van der Waals surface area contributed by atoms with E-state index in [0.717, 1.165) is 11.5 Å². The fraction of sp³-hybridized carbons (Fsp3) is 0.400. The molecule has 0 saturated heterocycles. The maximum Gasteiger partial charge on any atom is 0.230 e. The zero-order valence-corrected chi connectivity index (χ0v) is 15.1. The summed E-state index contributed by atoms with van der Waals surface area (Å²) in [5.74, 6) is 0.402. The SMILES string of the molecule is C[C@H](Sc1nnc([C@H](C)N(C)C)n1-c1ccc(Cl)cc1)C(N)=O. The van der Waals surface area contributed by atoms with Gasteiger partial charge < -0.3 is 5.73 Å². The molecule has 8 heteroatoms. The molecule has 124 valence electrons. The Kier molecular flexibility index (Phi) is 5.67. The molecule has 1 amide bonds. The molecule has 2 N–H and O–H groups in total. The molecule has 0 aliphatic heterocycles. The quantitative estimate of drug-likeness (QED) is 0.807. The van der Waals surface area contributed by atoms with Crippen molar-refractivity contribution in [2.45, 2.75) is 30.3 Å². The van der Waals surface area contributed by atoms with Crippen molar-refractivity contribution in [3.05, 3.63) is 35.1 Å². The topological polar surface area (TPSA) is 77.0 Å². The third kappa shape index (κ3) is 4.04. The van der Waals surface area contributed by atoms with Gasteiger partial charge >= 0.3 is 0 Å². The van der Waals surface area contributed by atoms with Gasteiger partial charge in [-0.2, -0.15) is 0 Å². The Morgan fingerprint density at radius 1 is 1.26 bits per heavy atom. The second-order valence-electron chi connectivity index (χ2n) is 5.45. The van der Waals surface area contributed by atoms with Gasteiger partial charge in [-0.05, 0) is 52.2 Å². The summed E-state index contributed by atoms with van der Waals surface area (Å²) >= 11 is 7.27. The van der Waals surface area contributed by atoms with Crippen LogP contribution in [0.1, 0.15) is 25.7 Å². The lowest BCUT2D eigenvalue weighted by molar-refractivity contribution is -0.117. The molecule has 0 bridgehead atoms. The second-order valence-corrected chi connectivity index (χ2v) is 7.20. The van der Waals surface area contributed by atoms with E-state index in [4.69, 9.17) is 17.3 Å². The number of nitrogens with two attached hydrogens (primary N) is 1. The first-order valence-corrected chi connectivity index (χ1v) is 8.40. The fourth-order valence-electron chi connectivity index (χ4n) is 1.91. The van der Waals surface area contributed by atoms with Crippen LogP contribution in [-0.2, 0) is 4.79 Å². The summed E-state index contributed by atoms with van der Waals surface area (Å²) in [6.07, 6.45) is 0. The standard InChI is InChI=1S/C15H20ClN5OS/c1-9(20(3)4)14-18-19-15(23-10(2)13(17)22)21(14)12-7-5-11(16)6-8-12/h5-10H,1-4H3,(H2,17,22)/t9-,10-/m0/s1. The van der Waals surface area contributed by atoms with Crippen molar-refractivity contribution < 1.29 is 4.79 Å².